The molecular formula is C18H28N4O3. The van der Waals surface area contributed by atoms with E-state index in [1.54, 1.807) is 0 Å². The van der Waals surface area contributed by atoms with E-state index in [0.29, 0.717) is 6.42 Å². The largest absolute Gasteiger partial charge is 0.481 e. The van der Waals surface area contributed by atoms with Crippen LogP contribution in [0.25, 0.3) is 0 Å². The normalized spacial score (nSPS) is 14.0. The molecule has 0 spiro atoms. The van der Waals surface area contributed by atoms with Crippen LogP contribution in [0.5, 0.6) is 0 Å². The number of rotatable bonds is 11. The SMILES string of the molecule is C=C(CC/C=C(/C)CC)C(CC)C(CC(=O)O)C(=O)Nc1ncn[nH]1. The van der Waals surface area contributed by atoms with E-state index in [1.165, 1.54) is 11.9 Å². The van der Waals surface area contributed by atoms with Crippen LogP contribution in [-0.4, -0.2) is 32.2 Å². The number of carbonyl (C=O) groups excluding carboxylic acids is 1. The van der Waals surface area contributed by atoms with Gasteiger partial charge in [0, 0.05) is 0 Å². The van der Waals surface area contributed by atoms with Crippen molar-refractivity contribution in [3.63, 3.8) is 0 Å². The van der Waals surface area contributed by atoms with E-state index in [0.717, 1.165) is 24.8 Å². The van der Waals surface area contributed by atoms with E-state index < -0.39 is 11.9 Å². The molecule has 1 amide bonds. The minimum absolute atomic E-state index is 0.200. The highest BCUT2D eigenvalue weighted by Crippen LogP contribution is 2.30. The lowest BCUT2D eigenvalue weighted by molar-refractivity contribution is -0.141. The highest BCUT2D eigenvalue weighted by Gasteiger charge is 2.31. The number of amides is 1. The quantitative estimate of drug-likeness (QED) is 0.530. The van der Waals surface area contributed by atoms with Gasteiger partial charge in [-0.1, -0.05) is 37.6 Å². The fourth-order valence-corrected chi connectivity index (χ4v) is 2.77. The average Bonchev–Trinajstić information content (AvgIpc) is 3.06. The molecule has 0 aliphatic rings. The first-order valence-corrected chi connectivity index (χ1v) is 8.60. The van der Waals surface area contributed by atoms with Crippen LogP contribution in [0.2, 0.25) is 0 Å². The summed E-state index contributed by atoms with van der Waals surface area (Å²) in [5.41, 5.74) is 2.22. The zero-order valence-corrected chi connectivity index (χ0v) is 15.2. The minimum Gasteiger partial charge on any atom is -0.481 e. The van der Waals surface area contributed by atoms with Crippen molar-refractivity contribution in [2.75, 3.05) is 5.32 Å². The summed E-state index contributed by atoms with van der Waals surface area (Å²) in [5.74, 6) is -2.08. The van der Waals surface area contributed by atoms with Crippen LogP contribution in [0, 0.1) is 11.8 Å². The lowest BCUT2D eigenvalue weighted by Crippen LogP contribution is -2.32. The van der Waals surface area contributed by atoms with Crippen molar-refractivity contribution >= 4 is 17.8 Å². The van der Waals surface area contributed by atoms with Gasteiger partial charge in [-0.25, -0.2) is 5.10 Å². The van der Waals surface area contributed by atoms with Gasteiger partial charge in [0.1, 0.15) is 6.33 Å². The Bertz CT molecular complexity index is 608. The number of allylic oxidation sites excluding steroid dienone is 3. The zero-order valence-electron chi connectivity index (χ0n) is 15.2. The Morgan fingerprint density at radius 3 is 2.64 bits per heavy atom. The van der Waals surface area contributed by atoms with Crippen LogP contribution in [0.4, 0.5) is 5.95 Å². The van der Waals surface area contributed by atoms with Crippen molar-refractivity contribution in [3.8, 4) is 0 Å². The van der Waals surface area contributed by atoms with Gasteiger partial charge >= 0.3 is 5.97 Å². The number of aromatic amines is 1. The maximum atomic E-state index is 12.6. The molecule has 2 atom stereocenters. The van der Waals surface area contributed by atoms with E-state index in [9.17, 15) is 14.7 Å². The molecule has 0 saturated heterocycles. The molecule has 1 heterocycles. The second kappa shape index (κ2) is 10.4. The third kappa shape index (κ3) is 6.91. The summed E-state index contributed by atoms with van der Waals surface area (Å²) in [6.07, 6.45) is 6.43. The van der Waals surface area contributed by atoms with Crippen molar-refractivity contribution in [2.45, 2.75) is 52.9 Å². The van der Waals surface area contributed by atoms with Gasteiger partial charge < -0.3 is 5.11 Å². The maximum Gasteiger partial charge on any atom is 0.304 e. The summed E-state index contributed by atoms with van der Waals surface area (Å²) in [7, 11) is 0. The zero-order chi connectivity index (χ0) is 18.8. The number of carboxylic acid groups (broad SMARTS) is 1. The topological polar surface area (TPSA) is 108 Å². The number of nitrogens with one attached hydrogen (secondary N) is 2. The number of carboxylic acids is 1. The molecule has 7 nitrogen and oxygen atoms in total. The monoisotopic (exact) mass is 348 g/mol. The molecule has 0 aliphatic heterocycles. The molecule has 1 rings (SSSR count). The summed E-state index contributed by atoms with van der Waals surface area (Å²) in [5, 5.41) is 18.0. The second-order valence-corrected chi connectivity index (χ2v) is 6.14. The predicted octanol–water partition coefficient (Wildman–Crippen LogP) is 3.55. The first kappa shape index (κ1) is 20.6. The molecule has 1 aromatic rings. The number of hydrogen-bond acceptors (Lipinski definition) is 4. The average molecular weight is 348 g/mol. The number of anilines is 1. The Morgan fingerprint density at radius 2 is 2.12 bits per heavy atom. The fraction of sp³-hybridized carbons (Fsp3) is 0.556. The third-order valence-corrected chi connectivity index (χ3v) is 4.35. The van der Waals surface area contributed by atoms with Crippen molar-refractivity contribution < 1.29 is 14.7 Å². The van der Waals surface area contributed by atoms with Crippen molar-refractivity contribution in [1.29, 1.82) is 0 Å². The lowest BCUT2D eigenvalue weighted by atomic mass is 9.80. The molecule has 0 aromatic carbocycles. The van der Waals surface area contributed by atoms with Crippen LogP contribution >= 0.6 is 0 Å². The van der Waals surface area contributed by atoms with E-state index in [4.69, 9.17) is 0 Å². The first-order valence-electron chi connectivity index (χ1n) is 8.60. The molecule has 138 valence electrons. The Hall–Kier alpha value is -2.44. The van der Waals surface area contributed by atoms with Gasteiger partial charge in [-0.15, -0.1) is 0 Å². The Labute approximate surface area is 148 Å². The number of hydrogen-bond donors (Lipinski definition) is 3. The van der Waals surface area contributed by atoms with E-state index in [-0.39, 0.29) is 24.2 Å². The summed E-state index contributed by atoms with van der Waals surface area (Å²) in [6, 6.07) is 0. The lowest BCUT2D eigenvalue weighted by Gasteiger charge is -2.26. The Morgan fingerprint density at radius 1 is 1.40 bits per heavy atom. The van der Waals surface area contributed by atoms with Crippen LogP contribution in [0.15, 0.2) is 30.1 Å². The van der Waals surface area contributed by atoms with Gasteiger partial charge in [-0.3, -0.25) is 14.9 Å². The van der Waals surface area contributed by atoms with E-state index >= 15 is 0 Å². The molecule has 0 radical (unpaired) electrons. The van der Waals surface area contributed by atoms with Crippen molar-refractivity contribution in [2.24, 2.45) is 11.8 Å². The van der Waals surface area contributed by atoms with Crippen LogP contribution in [0.3, 0.4) is 0 Å². The van der Waals surface area contributed by atoms with Crippen LogP contribution in [0.1, 0.15) is 52.9 Å². The number of H-pyrrole nitrogens is 1. The molecule has 0 fully saturated rings. The summed E-state index contributed by atoms with van der Waals surface area (Å²) >= 11 is 0. The van der Waals surface area contributed by atoms with Crippen molar-refractivity contribution in [1.82, 2.24) is 15.2 Å². The van der Waals surface area contributed by atoms with Gasteiger partial charge in [0.05, 0.1) is 12.3 Å². The van der Waals surface area contributed by atoms with Crippen LogP contribution < -0.4 is 5.32 Å². The summed E-state index contributed by atoms with van der Waals surface area (Å²) in [4.78, 5) is 27.7. The molecule has 0 saturated carbocycles. The fourth-order valence-electron chi connectivity index (χ4n) is 2.77. The van der Waals surface area contributed by atoms with Gasteiger partial charge in [-0.2, -0.15) is 10.1 Å². The highest BCUT2D eigenvalue weighted by atomic mass is 16.4. The summed E-state index contributed by atoms with van der Waals surface area (Å²) < 4.78 is 0. The van der Waals surface area contributed by atoms with Gasteiger partial charge in [0.25, 0.3) is 0 Å². The Balaban J connectivity index is 2.83. The molecule has 25 heavy (non-hydrogen) atoms. The standard InChI is InChI=1S/C18H28N4O3/c1-5-12(3)8-7-9-13(4)14(6-2)15(10-16(23)24)17(25)21-18-19-11-20-22-18/h8,11,14-15H,4-7,9-10H2,1-3H3,(H,23,24)(H2,19,20,21,22,25)/b12-8-. The highest BCUT2D eigenvalue weighted by molar-refractivity contribution is 5.93. The van der Waals surface area contributed by atoms with Crippen molar-refractivity contribution in [3.05, 3.63) is 30.1 Å². The molecule has 0 aliphatic carbocycles. The first-order chi connectivity index (χ1) is 11.9. The number of carbonyl (C=O) groups is 2. The molecule has 0 bridgehead atoms. The van der Waals surface area contributed by atoms with Gasteiger partial charge in [0.15, 0.2) is 0 Å². The van der Waals surface area contributed by atoms with Gasteiger partial charge in [0.2, 0.25) is 11.9 Å². The number of aliphatic carboxylic acids is 1. The Kier molecular flexibility index (Phi) is 8.60. The minimum atomic E-state index is -1.01. The molecular weight excluding hydrogens is 320 g/mol. The smallest absolute Gasteiger partial charge is 0.304 e. The van der Waals surface area contributed by atoms with E-state index in [1.807, 2.05) is 6.92 Å². The predicted molar refractivity (Wildman–Crippen MR) is 97.0 cm³/mol. The molecule has 3 N–H and O–H groups in total. The van der Waals surface area contributed by atoms with Gasteiger partial charge in [-0.05, 0) is 38.5 Å². The molecule has 1 aromatic heterocycles. The third-order valence-electron chi connectivity index (χ3n) is 4.35. The molecule has 2 unspecified atom stereocenters. The second-order valence-electron chi connectivity index (χ2n) is 6.14. The summed E-state index contributed by atoms with van der Waals surface area (Å²) in [6.45, 7) is 10.2. The number of aromatic nitrogens is 3. The number of nitrogens with zero attached hydrogens (tertiary/aromatic N) is 2. The molecule has 7 heteroatoms. The van der Waals surface area contributed by atoms with E-state index in [2.05, 4.69) is 47.0 Å². The maximum absolute atomic E-state index is 12.6. The van der Waals surface area contributed by atoms with Crippen LogP contribution in [-0.2, 0) is 9.59 Å².